The molecular formula is C17H22N2O2. The minimum Gasteiger partial charge on any atom is -0.485 e. The van der Waals surface area contributed by atoms with Crippen LogP contribution < -0.4 is 10.1 Å². The molecule has 0 unspecified atom stereocenters. The molecule has 1 aromatic carbocycles. The van der Waals surface area contributed by atoms with Crippen molar-refractivity contribution in [3.8, 4) is 5.75 Å². The number of hydrogen-bond acceptors (Lipinski definition) is 4. The molecule has 21 heavy (non-hydrogen) atoms. The molecule has 0 aliphatic rings. The molecule has 0 spiro atoms. The highest BCUT2D eigenvalue weighted by Gasteiger charge is 2.07. The van der Waals surface area contributed by atoms with Crippen molar-refractivity contribution in [2.75, 3.05) is 0 Å². The summed E-state index contributed by atoms with van der Waals surface area (Å²) in [5.41, 5.74) is 2.01. The fraction of sp³-hybridized carbons (Fsp3) is 0.353. The van der Waals surface area contributed by atoms with E-state index in [1.54, 1.807) is 0 Å². The first kappa shape index (κ1) is 15.3. The Labute approximate surface area is 125 Å². The van der Waals surface area contributed by atoms with Gasteiger partial charge in [0.15, 0.2) is 5.76 Å². The Bertz CT molecular complexity index is 576. The summed E-state index contributed by atoms with van der Waals surface area (Å²) in [6, 6.07) is 10.3. The molecule has 1 aromatic heterocycles. The molecule has 0 aliphatic carbocycles. The maximum absolute atomic E-state index is 5.81. The van der Waals surface area contributed by atoms with Crippen molar-refractivity contribution in [1.82, 2.24) is 10.5 Å². The van der Waals surface area contributed by atoms with Crippen molar-refractivity contribution in [1.29, 1.82) is 0 Å². The van der Waals surface area contributed by atoms with Crippen molar-refractivity contribution in [3.63, 3.8) is 0 Å². The number of benzene rings is 1. The number of aromatic nitrogens is 1. The number of rotatable bonds is 8. The third-order valence-electron chi connectivity index (χ3n) is 3.01. The van der Waals surface area contributed by atoms with Gasteiger partial charge in [0.1, 0.15) is 12.4 Å². The zero-order valence-corrected chi connectivity index (χ0v) is 12.6. The van der Waals surface area contributed by atoms with Crippen LogP contribution in [-0.4, -0.2) is 11.2 Å². The predicted molar refractivity (Wildman–Crippen MR) is 83.2 cm³/mol. The lowest BCUT2D eigenvalue weighted by molar-refractivity contribution is 0.246. The minimum absolute atomic E-state index is 0.378. The zero-order valence-electron chi connectivity index (χ0n) is 12.6. The van der Waals surface area contributed by atoms with Gasteiger partial charge in [-0.25, -0.2) is 0 Å². The molecule has 1 N–H and O–H groups in total. The highest BCUT2D eigenvalue weighted by Crippen LogP contribution is 2.20. The topological polar surface area (TPSA) is 47.3 Å². The van der Waals surface area contributed by atoms with Gasteiger partial charge in [-0.3, -0.25) is 0 Å². The molecule has 4 heteroatoms. The summed E-state index contributed by atoms with van der Waals surface area (Å²) in [6.45, 7) is 9.04. The van der Waals surface area contributed by atoms with Gasteiger partial charge in [-0.1, -0.05) is 43.3 Å². The molecular weight excluding hydrogens is 264 g/mol. The monoisotopic (exact) mass is 286 g/mol. The second-order valence-corrected chi connectivity index (χ2v) is 5.21. The van der Waals surface area contributed by atoms with Gasteiger partial charge in [-0.05, 0) is 18.1 Å². The normalized spacial score (nSPS) is 10.8. The van der Waals surface area contributed by atoms with Crippen LogP contribution >= 0.6 is 0 Å². The Balaban J connectivity index is 1.92. The van der Waals surface area contributed by atoms with Gasteiger partial charge >= 0.3 is 0 Å². The number of para-hydroxylation sites is 1. The van der Waals surface area contributed by atoms with Gasteiger partial charge in [0.2, 0.25) is 0 Å². The fourth-order valence-electron chi connectivity index (χ4n) is 1.93. The van der Waals surface area contributed by atoms with E-state index in [2.05, 4.69) is 30.9 Å². The van der Waals surface area contributed by atoms with Crippen LogP contribution in [0.5, 0.6) is 5.75 Å². The maximum Gasteiger partial charge on any atom is 0.174 e. The number of hydrogen-bond donors (Lipinski definition) is 1. The van der Waals surface area contributed by atoms with Crippen molar-refractivity contribution in [3.05, 3.63) is 60.0 Å². The number of allylic oxidation sites excluding steroid dienone is 1. The van der Waals surface area contributed by atoms with Gasteiger partial charge in [-0.2, -0.15) is 0 Å². The number of ether oxygens (including phenoxy) is 1. The van der Waals surface area contributed by atoms with Crippen LogP contribution in [0.4, 0.5) is 0 Å². The van der Waals surface area contributed by atoms with Crippen LogP contribution in [0, 0.1) is 0 Å². The van der Waals surface area contributed by atoms with Crippen LogP contribution in [0.2, 0.25) is 0 Å². The molecule has 0 saturated heterocycles. The first-order valence-corrected chi connectivity index (χ1v) is 7.18. The van der Waals surface area contributed by atoms with Crippen molar-refractivity contribution in [2.24, 2.45) is 0 Å². The van der Waals surface area contributed by atoms with Crippen LogP contribution in [0.3, 0.4) is 0 Å². The predicted octanol–water partition coefficient (Wildman–Crippen LogP) is 3.48. The lowest BCUT2D eigenvalue weighted by atomic mass is 10.1. The van der Waals surface area contributed by atoms with E-state index >= 15 is 0 Å². The third-order valence-corrected chi connectivity index (χ3v) is 3.01. The van der Waals surface area contributed by atoms with E-state index in [-0.39, 0.29) is 0 Å². The van der Waals surface area contributed by atoms with Crippen LogP contribution in [0.25, 0.3) is 0 Å². The van der Waals surface area contributed by atoms with E-state index in [0.717, 1.165) is 29.2 Å². The van der Waals surface area contributed by atoms with Gasteiger partial charge in [0.05, 0.1) is 5.69 Å². The first-order valence-electron chi connectivity index (χ1n) is 7.18. The van der Waals surface area contributed by atoms with Crippen molar-refractivity contribution in [2.45, 2.75) is 39.5 Å². The lowest BCUT2D eigenvalue weighted by Gasteiger charge is -2.08. The van der Waals surface area contributed by atoms with Crippen molar-refractivity contribution >= 4 is 0 Å². The van der Waals surface area contributed by atoms with Crippen LogP contribution in [0.1, 0.15) is 30.9 Å². The molecule has 0 saturated carbocycles. The molecule has 2 rings (SSSR count). The smallest absolute Gasteiger partial charge is 0.174 e. The van der Waals surface area contributed by atoms with E-state index in [0.29, 0.717) is 19.2 Å². The van der Waals surface area contributed by atoms with Gasteiger partial charge in [0, 0.05) is 18.7 Å². The molecule has 4 nitrogen and oxygen atoms in total. The summed E-state index contributed by atoms with van der Waals surface area (Å²) >= 11 is 0. The zero-order chi connectivity index (χ0) is 15.1. The fourth-order valence-corrected chi connectivity index (χ4v) is 1.93. The largest absolute Gasteiger partial charge is 0.485 e. The molecule has 2 aromatic rings. The summed E-state index contributed by atoms with van der Waals surface area (Å²) < 4.78 is 11.1. The molecule has 1 heterocycles. The van der Waals surface area contributed by atoms with E-state index in [1.165, 1.54) is 0 Å². The highest BCUT2D eigenvalue weighted by molar-refractivity contribution is 5.34. The van der Waals surface area contributed by atoms with E-state index < -0.39 is 0 Å². The lowest BCUT2D eigenvalue weighted by Crippen LogP contribution is -2.21. The summed E-state index contributed by atoms with van der Waals surface area (Å²) in [4.78, 5) is 0. The highest BCUT2D eigenvalue weighted by atomic mass is 16.5. The quantitative estimate of drug-likeness (QED) is 0.755. The summed E-state index contributed by atoms with van der Waals surface area (Å²) in [7, 11) is 0. The third kappa shape index (κ3) is 4.76. The molecule has 0 radical (unpaired) electrons. The van der Waals surface area contributed by atoms with Crippen LogP contribution in [0.15, 0.2) is 47.5 Å². The second-order valence-electron chi connectivity index (χ2n) is 5.21. The summed E-state index contributed by atoms with van der Waals surface area (Å²) in [5.74, 6) is 1.58. The minimum atomic E-state index is 0.378. The Kier molecular flexibility index (Phi) is 5.58. The average Bonchev–Trinajstić information content (AvgIpc) is 2.92. The summed E-state index contributed by atoms with van der Waals surface area (Å²) in [5, 5.41) is 7.33. The molecule has 0 aliphatic heterocycles. The molecule has 0 amide bonds. The van der Waals surface area contributed by atoms with Gasteiger partial charge < -0.3 is 14.6 Å². The number of nitrogens with zero attached hydrogens (tertiary/aromatic N) is 1. The SMILES string of the molecule is C=CCc1ccccc1OCc1cc(CNC(C)C)no1. The van der Waals surface area contributed by atoms with Crippen LogP contribution in [-0.2, 0) is 19.6 Å². The van der Waals surface area contributed by atoms with Gasteiger partial charge in [0.25, 0.3) is 0 Å². The van der Waals surface area contributed by atoms with Crippen molar-refractivity contribution < 1.29 is 9.26 Å². The Morgan fingerprint density at radius 3 is 2.95 bits per heavy atom. The standard InChI is InChI=1S/C17H22N2O2/c1-4-7-14-8-5-6-9-17(14)20-12-16-10-15(19-21-16)11-18-13(2)3/h4-6,8-10,13,18H,1,7,11-12H2,2-3H3. The maximum atomic E-state index is 5.81. The molecule has 0 atom stereocenters. The Morgan fingerprint density at radius 2 is 2.19 bits per heavy atom. The van der Waals surface area contributed by atoms with Gasteiger partial charge in [-0.15, -0.1) is 6.58 Å². The first-order chi connectivity index (χ1) is 10.2. The molecule has 0 fully saturated rings. The molecule has 112 valence electrons. The Morgan fingerprint density at radius 1 is 1.38 bits per heavy atom. The number of nitrogens with one attached hydrogen (secondary N) is 1. The summed E-state index contributed by atoms with van der Waals surface area (Å²) in [6.07, 6.45) is 2.66. The van der Waals surface area contributed by atoms with E-state index in [4.69, 9.17) is 9.26 Å². The second kappa shape index (κ2) is 7.64. The van der Waals surface area contributed by atoms with E-state index in [9.17, 15) is 0 Å². The van der Waals surface area contributed by atoms with E-state index in [1.807, 2.05) is 36.4 Å². The molecule has 0 bridgehead atoms. The Hall–Kier alpha value is -2.07. The average molecular weight is 286 g/mol.